The van der Waals surface area contributed by atoms with Crippen molar-refractivity contribution in [2.75, 3.05) is 12.4 Å². The smallest absolute Gasteiger partial charge is 0.231 e. The number of nitrogens with zero attached hydrogens (tertiary/aromatic N) is 1. The van der Waals surface area contributed by atoms with Crippen LogP contribution in [0.4, 0.5) is 5.69 Å². The van der Waals surface area contributed by atoms with Crippen molar-refractivity contribution in [1.29, 1.82) is 0 Å². The van der Waals surface area contributed by atoms with Crippen molar-refractivity contribution in [1.82, 2.24) is 4.98 Å². The van der Waals surface area contributed by atoms with Crippen molar-refractivity contribution in [2.45, 2.75) is 19.8 Å². The molecule has 1 N–H and O–H groups in total. The van der Waals surface area contributed by atoms with E-state index in [9.17, 15) is 4.79 Å². The SMILES string of the molecule is COc1ccc(CC(C)(Cc2ccccc2)C(=O)Nc2cccc3cccnc23)cc1. The molecule has 0 aliphatic heterocycles. The number of pyridine rings is 1. The molecule has 0 fully saturated rings. The first kappa shape index (κ1) is 20.6. The molecule has 4 heteroatoms. The van der Waals surface area contributed by atoms with Gasteiger partial charge in [-0.25, -0.2) is 0 Å². The molecule has 4 aromatic rings. The molecule has 4 rings (SSSR count). The highest BCUT2D eigenvalue weighted by atomic mass is 16.5. The number of benzene rings is 3. The number of methoxy groups -OCH3 is 1. The maximum atomic E-state index is 13.6. The third-order valence-corrected chi connectivity index (χ3v) is 5.62. The fraction of sp³-hybridized carbons (Fsp3) is 0.185. The molecule has 1 unspecified atom stereocenters. The molecule has 0 saturated heterocycles. The minimum atomic E-state index is -0.646. The zero-order chi connectivity index (χ0) is 21.7. The van der Waals surface area contributed by atoms with Gasteiger partial charge in [0.2, 0.25) is 5.91 Å². The highest BCUT2D eigenvalue weighted by Gasteiger charge is 2.34. The predicted molar refractivity (Wildman–Crippen MR) is 125 cm³/mol. The van der Waals surface area contributed by atoms with Gasteiger partial charge in [0.1, 0.15) is 5.75 Å². The maximum absolute atomic E-state index is 13.6. The van der Waals surface area contributed by atoms with E-state index in [1.54, 1.807) is 13.3 Å². The summed E-state index contributed by atoms with van der Waals surface area (Å²) in [5.74, 6) is 0.783. The van der Waals surface area contributed by atoms with E-state index in [2.05, 4.69) is 22.4 Å². The molecule has 1 aromatic heterocycles. The molecular weight excluding hydrogens is 384 g/mol. The van der Waals surface area contributed by atoms with E-state index in [0.717, 1.165) is 33.5 Å². The summed E-state index contributed by atoms with van der Waals surface area (Å²) in [5.41, 5.74) is 3.10. The number of ether oxygens (including phenoxy) is 1. The number of nitrogens with one attached hydrogen (secondary N) is 1. The van der Waals surface area contributed by atoms with Crippen LogP contribution in [-0.4, -0.2) is 18.0 Å². The standard InChI is InChI=1S/C27H26N2O2/c1-27(18-20-8-4-3-5-9-20,19-21-13-15-23(31-2)16-14-21)26(30)29-24-12-6-10-22-11-7-17-28-25(22)24/h3-17H,18-19H2,1-2H3,(H,29,30). The number of fused-ring (bicyclic) bond motifs is 1. The van der Waals surface area contributed by atoms with Crippen LogP contribution in [0, 0.1) is 5.41 Å². The summed E-state index contributed by atoms with van der Waals surface area (Å²) in [6.45, 7) is 2.03. The summed E-state index contributed by atoms with van der Waals surface area (Å²) in [5, 5.41) is 4.16. The van der Waals surface area contributed by atoms with Crippen molar-refractivity contribution in [3.8, 4) is 5.75 Å². The predicted octanol–water partition coefficient (Wildman–Crippen LogP) is 5.67. The topological polar surface area (TPSA) is 51.2 Å². The first-order valence-electron chi connectivity index (χ1n) is 10.4. The van der Waals surface area contributed by atoms with Gasteiger partial charge < -0.3 is 10.1 Å². The normalized spacial score (nSPS) is 12.8. The third kappa shape index (κ3) is 4.75. The molecule has 0 spiro atoms. The fourth-order valence-electron chi connectivity index (χ4n) is 3.94. The molecule has 0 aliphatic carbocycles. The molecule has 31 heavy (non-hydrogen) atoms. The Labute approximate surface area is 182 Å². The van der Waals surface area contributed by atoms with Crippen LogP contribution in [0.5, 0.6) is 5.75 Å². The van der Waals surface area contributed by atoms with Gasteiger partial charge >= 0.3 is 0 Å². The van der Waals surface area contributed by atoms with E-state index in [1.807, 2.05) is 79.7 Å². The number of aromatic nitrogens is 1. The summed E-state index contributed by atoms with van der Waals surface area (Å²) in [4.78, 5) is 18.1. The average molecular weight is 411 g/mol. The van der Waals surface area contributed by atoms with Crippen LogP contribution in [0.3, 0.4) is 0 Å². The lowest BCUT2D eigenvalue weighted by Gasteiger charge is -2.29. The Morgan fingerprint density at radius 3 is 2.26 bits per heavy atom. The Balaban J connectivity index is 1.65. The van der Waals surface area contributed by atoms with Gasteiger partial charge in [-0.2, -0.15) is 0 Å². The van der Waals surface area contributed by atoms with Crippen molar-refractivity contribution < 1.29 is 9.53 Å². The molecule has 4 nitrogen and oxygen atoms in total. The van der Waals surface area contributed by atoms with E-state index in [1.165, 1.54) is 0 Å². The van der Waals surface area contributed by atoms with E-state index in [4.69, 9.17) is 4.74 Å². The van der Waals surface area contributed by atoms with Crippen LogP contribution in [0.15, 0.2) is 91.1 Å². The Morgan fingerprint density at radius 1 is 0.871 bits per heavy atom. The van der Waals surface area contributed by atoms with Gasteiger partial charge in [0.15, 0.2) is 0 Å². The second-order valence-electron chi connectivity index (χ2n) is 8.08. The Bertz CT molecular complexity index is 1170. The highest BCUT2D eigenvalue weighted by molar-refractivity contribution is 6.02. The van der Waals surface area contributed by atoms with Crippen LogP contribution in [0.2, 0.25) is 0 Å². The summed E-state index contributed by atoms with van der Waals surface area (Å²) >= 11 is 0. The van der Waals surface area contributed by atoms with Gasteiger partial charge in [-0.15, -0.1) is 0 Å². The molecule has 0 radical (unpaired) electrons. The number of carbonyl (C=O) groups excluding carboxylic acids is 1. The van der Waals surface area contributed by atoms with Crippen LogP contribution >= 0.6 is 0 Å². The van der Waals surface area contributed by atoms with Crippen molar-refractivity contribution in [2.24, 2.45) is 5.41 Å². The van der Waals surface area contributed by atoms with E-state index in [0.29, 0.717) is 12.8 Å². The lowest BCUT2D eigenvalue weighted by atomic mass is 9.77. The first-order valence-corrected chi connectivity index (χ1v) is 10.4. The van der Waals surface area contributed by atoms with Gasteiger partial charge in [0.25, 0.3) is 0 Å². The van der Waals surface area contributed by atoms with E-state index in [-0.39, 0.29) is 5.91 Å². The monoisotopic (exact) mass is 410 g/mol. The molecule has 156 valence electrons. The van der Waals surface area contributed by atoms with E-state index >= 15 is 0 Å². The lowest BCUT2D eigenvalue weighted by Crippen LogP contribution is -2.37. The maximum Gasteiger partial charge on any atom is 0.231 e. The lowest BCUT2D eigenvalue weighted by molar-refractivity contribution is -0.124. The molecule has 0 aliphatic rings. The summed E-state index contributed by atoms with van der Waals surface area (Å²) in [6, 6.07) is 27.8. The molecule has 1 amide bonds. The average Bonchev–Trinajstić information content (AvgIpc) is 2.80. The molecule has 3 aromatic carbocycles. The van der Waals surface area contributed by atoms with Crippen LogP contribution in [0.25, 0.3) is 10.9 Å². The van der Waals surface area contributed by atoms with Crippen molar-refractivity contribution in [3.05, 3.63) is 102 Å². The molecule has 0 bridgehead atoms. The second-order valence-corrected chi connectivity index (χ2v) is 8.08. The number of hydrogen-bond donors (Lipinski definition) is 1. The summed E-state index contributed by atoms with van der Waals surface area (Å²) in [7, 11) is 1.65. The molecule has 1 atom stereocenters. The largest absolute Gasteiger partial charge is 0.497 e. The zero-order valence-corrected chi connectivity index (χ0v) is 17.8. The van der Waals surface area contributed by atoms with Crippen molar-refractivity contribution >= 4 is 22.5 Å². The third-order valence-electron chi connectivity index (χ3n) is 5.62. The number of hydrogen-bond acceptors (Lipinski definition) is 3. The molecule has 1 heterocycles. The second kappa shape index (κ2) is 9.00. The van der Waals surface area contributed by atoms with Crippen molar-refractivity contribution in [3.63, 3.8) is 0 Å². The zero-order valence-electron chi connectivity index (χ0n) is 17.8. The highest BCUT2D eigenvalue weighted by Crippen LogP contribution is 2.31. The Morgan fingerprint density at radius 2 is 1.55 bits per heavy atom. The van der Waals surface area contributed by atoms with E-state index < -0.39 is 5.41 Å². The van der Waals surface area contributed by atoms with Crippen LogP contribution in [0.1, 0.15) is 18.1 Å². The molecular formula is C27H26N2O2. The number of rotatable bonds is 7. The minimum Gasteiger partial charge on any atom is -0.497 e. The fourth-order valence-corrected chi connectivity index (χ4v) is 3.94. The van der Waals surface area contributed by atoms with Gasteiger partial charge in [0, 0.05) is 11.6 Å². The summed E-state index contributed by atoms with van der Waals surface area (Å²) in [6.07, 6.45) is 2.98. The van der Waals surface area contributed by atoms with Gasteiger partial charge in [-0.1, -0.05) is 67.6 Å². The van der Waals surface area contributed by atoms with Gasteiger partial charge in [0.05, 0.1) is 23.7 Å². The molecule has 0 saturated carbocycles. The Hall–Kier alpha value is -3.66. The number of para-hydroxylation sites is 1. The number of anilines is 1. The number of carbonyl (C=O) groups is 1. The van der Waals surface area contributed by atoms with Crippen LogP contribution in [-0.2, 0) is 17.6 Å². The van der Waals surface area contributed by atoms with Gasteiger partial charge in [-0.3, -0.25) is 9.78 Å². The summed E-state index contributed by atoms with van der Waals surface area (Å²) < 4.78 is 5.28. The first-order chi connectivity index (χ1) is 15.1. The Kier molecular flexibility index (Phi) is 5.99. The minimum absolute atomic E-state index is 0.0228. The quantitative estimate of drug-likeness (QED) is 0.427. The number of amides is 1. The van der Waals surface area contributed by atoms with Gasteiger partial charge in [-0.05, 0) is 48.2 Å². The van der Waals surface area contributed by atoms with Crippen LogP contribution < -0.4 is 10.1 Å².